The first-order valence-corrected chi connectivity index (χ1v) is 6.91. The van der Waals surface area contributed by atoms with Crippen LogP contribution in [0.1, 0.15) is 11.1 Å². The quantitative estimate of drug-likeness (QED) is 0.735. The fraction of sp³-hybridized carbons (Fsp3) is 0.0667. The van der Waals surface area contributed by atoms with E-state index in [1.807, 2.05) is 6.92 Å². The van der Waals surface area contributed by atoms with Crippen LogP contribution < -0.4 is 5.73 Å². The Morgan fingerprint density at radius 3 is 2.67 bits per heavy atom. The zero-order valence-corrected chi connectivity index (χ0v) is 12.6. The van der Waals surface area contributed by atoms with E-state index in [0.29, 0.717) is 38.3 Å². The summed E-state index contributed by atoms with van der Waals surface area (Å²) in [7, 11) is 0. The van der Waals surface area contributed by atoms with Crippen LogP contribution in [0.5, 0.6) is 0 Å². The summed E-state index contributed by atoms with van der Waals surface area (Å²) >= 11 is 12.5. The van der Waals surface area contributed by atoms with Crippen LogP contribution in [-0.4, -0.2) is 9.55 Å². The maximum Gasteiger partial charge on any atom is 0.205 e. The van der Waals surface area contributed by atoms with E-state index < -0.39 is 0 Å². The Labute approximate surface area is 131 Å². The number of anilines is 1. The van der Waals surface area contributed by atoms with Crippen molar-refractivity contribution in [3.05, 3.63) is 51.5 Å². The van der Waals surface area contributed by atoms with Crippen LogP contribution in [0.2, 0.25) is 10.0 Å². The lowest BCUT2D eigenvalue weighted by Crippen LogP contribution is -2.02. The molecule has 2 N–H and O–H groups in total. The van der Waals surface area contributed by atoms with E-state index in [-0.39, 0.29) is 0 Å². The summed E-state index contributed by atoms with van der Waals surface area (Å²) in [4.78, 5) is 4.29. The minimum Gasteiger partial charge on any atom is -0.369 e. The molecule has 0 unspecified atom stereocenters. The molecule has 3 aromatic rings. The van der Waals surface area contributed by atoms with Crippen molar-refractivity contribution in [2.45, 2.75) is 6.92 Å². The Morgan fingerprint density at radius 1 is 1.19 bits per heavy atom. The molecular formula is C15H10Cl2N4. The number of rotatable bonds is 1. The van der Waals surface area contributed by atoms with Gasteiger partial charge in [0.15, 0.2) is 0 Å². The van der Waals surface area contributed by atoms with Crippen molar-refractivity contribution in [3.8, 4) is 11.8 Å². The van der Waals surface area contributed by atoms with E-state index in [1.165, 1.54) is 0 Å². The molecule has 0 aliphatic heterocycles. The molecule has 0 saturated carbocycles. The number of nitrogen functional groups attached to an aromatic ring is 1. The molecule has 0 atom stereocenters. The van der Waals surface area contributed by atoms with Crippen molar-refractivity contribution in [1.29, 1.82) is 5.26 Å². The number of halogens is 2. The van der Waals surface area contributed by atoms with E-state index in [9.17, 15) is 0 Å². The van der Waals surface area contributed by atoms with Gasteiger partial charge in [0, 0.05) is 5.02 Å². The first-order chi connectivity index (χ1) is 10.0. The van der Waals surface area contributed by atoms with Crippen molar-refractivity contribution >= 4 is 40.2 Å². The summed E-state index contributed by atoms with van der Waals surface area (Å²) in [5.41, 5.74) is 9.46. The van der Waals surface area contributed by atoms with Crippen LogP contribution in [0, 0.1) is 18.3 Å². The molecule has 0 bridgehead atoms. The molecule has 0 amide bonds. The topological polar surface area (TPSA) is 67.6 Å². The van der Waals surface area contributed by atoms with Gasteiger partial charge in [-0.25, -0.2) is 4.98 Å². The molecule has 6 heteroatoms. The highest BCUT2D eigenvalue weighted by Gasteiger charge is 2.14. The fourth-order valence-corrected chi connectivity index (χ4v) is 2.68. The first-order valence-electron chi connectivity index (χ1n) is 6.15. The molecule has 0 aliphatic rings. The molecule has 1 aromatic heterocycles. The molecular weight excluding hydrogens is 307 g/mol. The number of aromatic nitrogens is 2. The van der Waals surface area contributed by atoms with Gasteiger partial charge in [-0.2, -0.15) is 5.26 Å². The molecule has 1 heterocycles. The molecule has 0 aliphatic carbocycles. The highest BCUT2D eigenvalue weighted by atomic mass is 35.5. The molecule has 4 nitrogen and oxygen atoms in total. The molecule has 0 radical (unpaired) electrons. The van der Waals surface area contributed by atoms with Gasteiger partial charge in [0.1, 0.15) is 0 Å². The van der Waals surface area contributed by atoms with Crippen LogP contribution in [0.15, 0.2) is 30.3 Å². The third-order valence-corrected chi connectivity index (χ3v) is 3.99. The lowest BCUT2D eigenvalue weighted by molar-refractivity contribution is 1.11. The average Bonchev–Trinajstić information content (AvgIpc) is 2.78. The van der Waals surface area contributed by atoms with E-state index >= 15 is 0 Å². The normalized spacial score (nSPS) is 10.8. The summed E-state index contributed by atoms with van der Waals surface area (Å²) in [6, 6.07) is 10.8. The van der Waals surface area contributed by atoms with Crippen molar-refractivity contribution in [2.75, 3.05) is 5.73 Å². The molecule has 21 heavy (non-hydrogen) atoms. The number of fused-ring (bicyclic) bond motifs is 1. The van der Waals surface area contributed by atoms with Crippen molar-refractivity contribution < 1.29 is 0 Å². The maximum absolute atomic E-state index is 9.04. The van der Waals surface area contributed by atoms with Gasteiger partial charge in [-0.05, 0) is 42.8 Å². The predicted octanol–water partition coefficient (Wildman–Crippen LogP) is 4.09. The number of aryl methyl sites for hydroxylation is 1. The number of nitrogens with zero attached hydrogens (tertiary/aromatic N) is 3. The van der Waals surface area contributed by atoms with Crippen molar-refractivity contribution in [2.24, 2.45) is 0 Å². The SMILES string of the molecule is Cc1cc(Cl)c(-n2c(N)nc3ccc(C#N)cc32)cc1Cl. The second-order valence-electron chi connectivity index (χ2n) is 4.67. The highest BCUT2D eigenvalue weighted by molar-refractivity contribution is 6.35. The van der Waals surface area contributed by atoms with E-state index in [1.54, 1.807) is 34.9 Å². The standard InChI is InChI=1S/C15H10Cl2N4/c1-8-4-11(17)13(6-10(8)16)21-14-5-9(7-18)2-3-12(14)20-15(21)19/h2-6H,1H3,(H2,19,20). The largest absolute Gasteiger partial charge is 0.369 e. The summed E-state index contributed by atoms with van der Waals surface area (Å²) in [5, 5.41) is 10.2. The molecule has 3 rings (SSSR count). The minimum atomic E-state index is 0.293. The van der Waals surface area contributed by atoms with Gasteiger partial charge in [0.05, 0.1) is 33.4 Å². The lowest BCUT2D eigenvalue weighted by atomic mass is 10.2. The van der Waals surface area contributed by atoms with Crippen LogP contribution in [-0.2, 0) is 0 Å². The van der Waals surface area contributed by atoms with Crippen molar-refractivity contribution in [1.82, 2.24) is 9.55 Å². The average molecular weight is 317 g/mol. The molecule has 0 fully saturated rings. The number of benzene rings is 2. The number of nitrogens with two attached hydrogens (primary N) is 1. The van der Waals surface area contributed by atoms with Gasteiger partial charge >= 0.3 is 0 Å². The Morgan fingerprint density at radius 2 is 1.95 bits per heavy atom. The number of hydrogen-bond acceptors (Lipinski definition) is 3. The molecule has 0 saturated heterocycles. The minimum absolute atomic E-state index is 0.293. The van der Waals surface area contributed by atoms with Gasteiger partial charge in [0.2, 0.25) is 5.95 Å². The molecule has 2 aromatic carbocycles. The molecule has 104 valence electrons. The van der Waals surface area contributed by atoms with Gasteiger partial charge < -0.3 is 5.73 Å². The van der Waals surface area contributed by atoms with Crippen LogP contribution in [0.4, 0.5) is 5.95 Å². The second-order valence-corrected chi connectivity index (χ2v) is 5.49. The number of nitriles is 1. The van der Waals surface area contributed by atoms with Gasteiger partial charge in [-0.3, -0.25) is 4.57 Å². The monoisotopic (exact) mass is 316 g/mol. The fourth-order valence-electron chi connectivity index (χ4n) is 2.22. The van der Waals surface area contributed by atoms with Crippen molar-refractivity contribution in [3.63, 3.8) is 0 Å². The van der Waals surface area contributed by atoms with Crippen LogP contribution in [0.3, 0.4) is 0 Å². The Bertz CT molecular complexity index is 906. The third-order valence-electron chi connectivity index (χ3n) is 3.28. The summed E-state index contributed by atoms with van der Waals surface area (Å²) in [6.07, 6.45) is 0. The third kappa shape index (κ3) is 2.21. The Kier molecular flexibility index (Phi) is 3.25. The Hall–Kier alpha value is -2.22. The van der Waals surface area contributed by atoms with Crippen LogP contribution >= 0.6 is 23.2 Å². The summed E-state index contributed by atoms with van der Waals surface area (Å²) < 4.78 is 1.70. The zero-order chi connectivity index (χ0) is 15.1. The summed E-state index contributed by atoms with van der Waals surface area (Å²) in [5.74, 6) is 0.293. The van der Waals surface area contributed by atoms with Gasteiger partial charge in [-0.1, -0.05) is 23.2 Å². The highest BCUT2D eigenvalue weighted by Crippen LogP contribution is 2.32. The second kappa shape index (κ2) is 4.96. The lowest BCUT2D eigenvalue weighted by Gasteiger charge is -2.11. The number of hydrogen-bond donors (Lipinski definition) is 1. The van der Waals surface area contributed by atoms with Gasteiger partial charge in [-0.15, -0.1) is 0 Å². The van der Waals surface area contributed by atoms with Crippen LogP contribution in [0.25, 0.3) is 16.7 Å². The zero-order valence-electron chi connectivity index (χ0n) is 11.1. The van der Waals surface area contributed by atoms with E-state index in [4.69, 9.17) is 34.2 Å². The smallest absolute Gasteiger partial charge is 0.205 e. The maximum atomic E-state index is 9.04. The Balaban J connectivity index is 2.37. The van der Waals surface area contributed by atoms with Gasteiger partial charge in [0.25, 0.3) is 0 Å². The predicted molar refractivity (Wildman–Crippen MR) is 85.0 cm³/mol. The first kappa shape index (κ1) is 13.7. The summed E-state index contributed by atoms with van der Waals surface area (Å²) in [6.45, 7) is 1.88. The molecule has 0 spiro atoms. The van der Waals surface area contributed by atoms with E-state index in [2.05, 4.69) is 11.1 Å². The number of imidazole rings is 1. The van der Waals surface area contributed by atoms with E-state index in [0.717, 1.165) is 5.56 Å².